The molecule has 2 rings (SSSR count). The van der Waals surface area contributed by atoms with Crippen LogP contribution in [0.25, 0.3) is 0 Å². The topological polar surface area (TPSA) is 58.6 Å². The van der Waals surface area contributed by atoms with Crippen LogP contribution in [-0.2, 0) is 4.79 Å². The first kappa shape index (κ1) is 15.4. The summed E-state index contributed by atoms with van der Waals surface area (Å²) < 4.78 is 5.06. The fourth-order valence-electron chi connectivity index (χ4n) is 2.53. The number of carbonyl (C=O) groups is 2. The van der Waals surface area contributed by atoms with Crippen LogP contribution in [0, 0.1) is 5.92 Å². The maximum absolute atomic E-state index is 12.0. The number of rotatable bonds is 5. The second-order valence-corrected chi connectivity index (χ2v) is 5.65. The third kappa shape index (κ3) is 3.74. The van der Waals surface area contributed by atoms with Gasteiger partial charge < -0.3 is 15.0 Å². The number of likely N-dealkylation sites (tertiary alicyclic amines) is 1. The van der Waals surface area contributed by atoms with E-state index in [1.54, 1.807) is 31.4 Å². The summed E-state index contributed by atoms with van der Waals surface area (Å²) in [6.45, 7) is 5.27. The molecule has 0 saturated carbocycles. The first-order chi connectivity index (χ1) is 10.0. The maximum Gasteiger partial charge on any atom is 0.251 e. The van der Waals surface area contributed by atoms with Gasteiger partial charge in [0.1, 0.15) is 5.75 Å². The second-order valence-electron chi connectivity index (χ2n) is 5.65. The highest BCUT2D eigenvalue weighted by molar-refractivity contribution is 5.94. The summed E-state index contributed by atoms with van der Waals surface area (Å²) in [7, 11) is 1.59. The van der Waals surface area contributed by atoms with Crippen molar-refractivity contribution in [3.8, 4) is 5.75 Å². The molecule has 1 atom stereocenters. The van der Waals surface area contributed by atoms with Crippen LogP contribution in [-0.4, -0.2) is 43.0 Å². The van der Waals surface area contributed by atoms with Crippen LogP contribution in [0.15, 0.2) is 24.3 Å². The fraction of sp³-hybridized carbons (Fsp3) is 0.500. The Morgan fingerprint density at radius 3 is 2.57 bits per heavy atom. The number of amides is 2. The summed E-state index contributed by atoms with van der Waals surface area (Å²) in [4.78, 5) is 25.7. The number of methoxy groups -OCH3 is 1. The van der Waals surface area contributed by atoms with Crippen molar-refractivity contribution in [3.05, 3.63) is 29.8 Å². The SMILES string of the molecule is COc1ccc(C(=O)NCC2CC(=O)N(C(C)C)C2)cc1. The molecule has 1 N–H and O–H groups in total. The van der Waals surface area contributed by atoms with Gasteiger partial charge in [0.05, 0.1) is 7.11 Å². The Bertz CT molecular complexity index is 511. The molecular formula is C16H22N2O3. The molecule has 1 aromatic rings. The Labute approximate surface area is 125 Å². The smallest absolute Gasteiger partial charge is 0.251 e. The molecule has 1 aromatic carbocycles. The molecule has 114 valence electrons. The number of hydrogen-bond donors (Lipinski definition) is 1. The molecule has 0 aromatic heterocycles. The lowest BCUT2D eigenvalue weighted by Gasteiger charge is -2.21. The lowest BCUT2D eigenvalue weighted by molar-refractivity contribution is -0.129. The molecule has 21 heavy (non-hydrogen) atoms. The Morgan fingerprint density at radius 1 is 1.38 bits per heavy atom. The van der Waals surface area contributed by atoms with Crippen molar-refractivity contribution >= 4 is 11.8 Å². The van der Waals surface area contributed by atoms with Crippen LogP contribution < -0.4 is 10.1 Å². The lowest BCUT2D eigenvalue weighted by atomic mass is 10.1. The Kier molecular flexibility index (Phi) is 4.83. The standard InChI is InChI=1S/C16H22N2O3/c1-11(2)18-10-12(8-15(18)19)9-17-16(20)13-4-6-14(21-3)7-5-13/h4-7,11-12H,8-10H2,1-3H3,(H,17,20). The van der Waals surface area contributed by atoms with Crippen LogP contribution >= 0.6 is 0 Å². The first-order valence-electron chi connectivity index (χ1n) is 7.23. The molecule has 5 nitrogen and oxygen atoms in total. The molecule has 0 spiro atoms. The third-order valence-corrected chi connectivity index (χ3v) is 3.77. The first-order valence-corrected chi connectivity index (χ1v) is 7.23. The maximum atomic E-state index is 12.0. The van der Waals surface area contributed by atoms with Crippen molar-refractivity contribution in [1.29, 1.82) is 0 Å². The molecule has 1 heterocycles. The van der Waals surface area contributed by atoms with E-state index < -0.39 is 0 Å². The van der Waals surface area contributed by atoms with E-state index in [9.17, 15) is 9.59 Å². The van der Waals surface area contributed by atoms with Crippen molar-refractivity contribution < 1.29 is 14.3 Å². The quantitative estimate of drug-likeness (QED) is 0.897. The highest BCUT2D eigenvalue weighted by Crippen LogP contribution is 2.19. The van der Waals surface area contributed by atoms with Gasteiger partial charge in [-0.15, -0.1) is 0 Å². The summed E-state index contributed by atoms with van der Waals surface area (Å²) >= 11 is 0. The van der Waals surface area contributed by atoms with E-state index in [2.05, 4.69) is 5.32 Å². The second kappa shape index (κ2) is 6.61. The van der Waals surface area contributed by atoms with Gasteiger partial charge in [-0.05, 0) is 38.1 Å². The van der Waals surface area contributed by atoms with Crippen molar-refractivity contribution in [2.45, 2.75) is 26.3 Å². The van der Waals surface area contributed by atoms with Gasteiger partial charge >= 0.3 is 0 Å². The molecular weight excluding hydrogens is 268 g/mol. The lowest BCUT2D eigenvalue weighted by Crippen LogP contribution is -2.34. The zero-order valence-electron chi connectivity index (χ0n) is 12.8. The average molecular weight is 290 g/mol. The van der Waals surface area contributed by atoms with E-state index in [0.717, 1.165) is 12.3 Å². The van der Waals surface area contributed by atoms with Gasteiger partial charge in [-0.25, -0.2) is 0 Å². The van der Waals surface area contributed by atoms with Crippen LogP contribution in [0.5, 0.6) is 5.75 Å². The van der Waals surface area contributed by atoms with Gasteiger partial charge in [0.15, 0.2) is 0 Å². The minimum atomic E-state index is -0.118. The van der Waals surface area contributed by atoms with E-state index in [0.29, 0.717) is 18.5 Å². The van der Waals surface area contributed by atoms with E-state index in [4.69, 9.17) is 4.74 Å². The van der Waals surface area contributed by atoms with Gasteiger partial charge in [-0.2, -0.15) is 0 Å². The van der Waals surface area contributed by atoms with Gasteiger partial charge in [-0.3, -0.25) is 9.59 Å². The predicted octanol–water partition coefficient (Wildman–Crippen LogP) is 1.68. The molecule has 0 radical (unpaired) electrons. The largest absolute Gasteiger partial charge is 0.497 e. The summed E-state index contributed by atoms with van der Waals surface area (Å²) in [6.07, 6.45) is 0.515. The van der Waals surface area contributed by atoms with Gasteiger partial charge in [0, 0.05) is 37.0 Å². The number of nitrogens with one attached hydrogen (secondary N) is 1. The predicted molar refractivity (Wildman–Crippen MR) is 80.3 cm³/mol. The summed E-state index contributed by atoms with van der Waals surface area (Å²) in [5.41, 5.74) is 0.598. The van der Waals surface area contributed by atoms with Crippen LogP contribution in [0.3, 0.4) is 0 Å². The summed E-state index contributed by atoms with van der Waals surface area (Å²) in [5, 5.41) is 2.90. The Balaban J connectivity index is 1.85. The van der Waals surface area contributed by atoms with Gasteiger partial charge in [0.2, 0.25) is 5.91 Å². The molecule has 5 heteroatoms. The van der Waals surface area contributed by atoms with Crippen molar-refractivity contribution in [2.75, 3.05) is 20.2 Å². The van der Waals surface area contributed by atoms with E-state index in [1.807, 2.05) is 18.7 Å². The van der Waals surface area contributed by atoms with E-state index in [-0.39, 0.29) is 23.8 Å². The zero-order chi connectivity index (χ0) is 15.4. The number of nitrogens with zero attached hydrogens (tertiary/aromatic N) is 1. The molecule has 0 aliphatic carbocycles. The molecule has 1 fully saturated rings. The number of benzene rings is 1. The zero-order valence-corrected chi connectivity index (χ0v) is 12.8. The molecule has 1 aliphatic rings. The van der Waals surface area contributed by atoms with E-state index >= 15 is 0 Å². The van der Waals surface area contributed by atoms with E-state index in [1.165, 1.54) is 0 Å². The Morgan fingerprint density at radius 2 is 2.05 bits per heavy atom. The van der Waals surface area contributed by atoms with Crippen LogP contribution in [0.4, 0.5) is 0 Å². The van der Waals surface area contributed by atoms with Crippen molar-refractivity contribution in [3.63, 3.8) is 0 Å². The average Bonchev–Trinajstić information content (AvgIpc) is 2.86. The monoisotopic (exact) mass is 290 g/mol. The fourth-order valence-corrected chi connectivity index (χ4v) is 2.53. The Hall–Kier alpha value is -2.04. The van der Waals surface area contributed by atoms with Crippen molar-refractivity contribution in [1.82, 2.24) is 10.2 Å². The van der Waals surface area contributed by atoms with Gasteiger partial charge in [-0.1, -0.05) is 0 Å². The minimum absolute atomic E-state index is 0.118. The summed E-state index contributed by atoms with van der Waals surface area (Å²) in [6, 6.07) is 7.20. The molecule has 1 saturated heterocycles. The number of hydrogen-bond acceptors (Lipinski definition) is 3. The molecule has 1 unspecified atom stereocenters. The number of ether oxygens (including phenoxy) is 1. The van der Waals surface area contributed by atoms with Crippen LogP contribution in [0.2, 0.25) is 0 Å². The summed E-state index contributed by atoms with van der Waals surface area (Å²) in [5.74, 6) is 0.976. The van der Waals surface area contributed by atoms with Gasteiger partial charge in [0.25, 0.3) is 5.91 Å². The molecule has 1 aliphatic heterocycles. The van der Waals surface area contributed by atoms with Crippen molar-refractivity contribution in [2.24, 2.45) is 5.92 Å². The highest BCUT2D eigenvalue weighted by atomic mass is 16.5. The highest BCUT2D eigenvalue weighted by Gasteiger charge is 2.31. The number of carbonyl (C=O) groups excluding carboxylic acids is 2. The van der Waals surface area contributed by atoms with Crippen LogP contribution in [0.1, 0.15) is 30.6 Å². The molecule has 2 amide bonds. The third-order valence-electron chi connectivity index (χ3n) is 3.77. The minimum Gasteiger partial charge on any atom is -0.497 e. The normalized spacial score (nSPS) is 18.2. The molecule has 0 bridgehead atoms.